The molecule has 0 unspecified atom stereocenters. The monoisotopic (exact) mass is 160 g/mol. The molecule has 0 saturated heterocycles. The van der Waals surface area contributed by atoms with Crippen LogP contribution in [0.4, 0.5) is 0 Å². The van der Waals surface area contributed by atoms with E-state index in [1.807, 2.05) is 0 Å². The fourth-order valence-electron chi connectivity index (χ4n) is 0.703. The average Bonchev–Trinajstić information content (AvgIpc) is 1.97. The topological polar surface area (TPSA) is 92.8 Å². The van der Waals surface area contributed by atoms with Gasteiger partial charge < -0.3 is 10.8 Å². The number of unbranched alkanes of at least 4 members (excludes halogenated alkanes) is 1. The van der Waals surface area contributed by atoms with Gasteiger partial charge in [0.2, 0.25) is 0 Å². The van der Waals surface area contributed by atoms with Crippen molar-refractivity contribution in [2.45, 2.75) is 25.3 Å². The van der Waals surface area contributed by atoms with Gasteiger partial charge in [0, 0.05) is 0 Å². The summed E-state index contributed by atoms with van der Waals surface area (Å²) in [7, 11) is 0. The Hall–Kier alpha value is -0.970. The third-order valence-electron chi connectivity index (χ3n) is 1.34. The molecule has 0 aromatic rings. The summed E-state index contributed by atoms with van der Waals surface area (Å²) in [6.07, 6.45) is 1.66. The van der Waals surface area contributed by atoms with Crippen molar-refractivity contribution >= 4 is 5.97 Å². The van der Waals surface area contributed by atoms with E-state index in [9.17, 15) is 9.70 Å². The van der Waals surface area contributed by atoms with Gasteiger partial charge in [-0.25, -0.2) is 4.79 Å². The van der Waals surface area contributed by atoms with Crippen LogP contribution in [0.15, 0.2) is 5.18 Å². The predicted molar refractivity (Wildman–Crippen MR) is 40.1 cm³/mol. The quantitative estimate of drug-likeness (QED) is 0.432. The predicted octanol–water partition coefficient (Wildman–Crippen LogP) is 0.335. The molecular weight excluding hydrogens is 148 g/mol. The summed E-state index contributed by atoms with van der Waals surface area (Å²) in [5.41, 5.74) is 5.18. The van der Waals surface area contributed by atoms with Gasteiger partial charge in [-0.1, -0.05) is 5.18 Å². The summed E-state index contributed by atoms with van der Waals surface area (Å²) in [6, 6.07) is -1.10. The molecule has 5 nitrogen and oxygen atoms in total. The molecule has 0 rings (SSSR count). The maximum Gasteiger partial charge on any atom is 0.332 e. The summed E-state index contributed by atoms with van der Waals surface area (Å²) in [6.45, 7) is 0.519. The zero-order chi connectivity index (χ0) is 8.69. The van der Waals surface area contributed by atoms with E-state index in [4.69, 9.17) is 10.8 Å². The van der Waals surface area contributed by atoms with Gasteiger partial charge in [0.1, 0.15) is 0 Å². The Labute approximate surface area is 64.6 Å². The van der Waals surface area contributed by atoms with E-state index in [1.165, 1.54) is 0 Å². The molecule has 0 aromatic heterocycles. The molecular formula is C6H12N2O3. The summed E-state index contributed by atoms with van der Waals surface area (Å²) in [5.74, 6) is -1.16. The molecule has 0 aromatic carbocycles. The number of carboxylic acid groups (broad SMARTS) is 1. The summed E-state index contributed by atoms with van der Waals surface area (Å²) >= 11 is 0. The largest absolute Gasteiger partial charge is 0.480 e. The first-order valence-electron chi connectivity index (χ1n) is 3.47. The van der Waals surface area contributed by atoms with Crippen LogP contribution < -0.4 is 5.73 Å². The Morgan fingerprint density at radius 1 is 1.55 bits per heavy atom. The standard InChI is InChI=1S/C6H12N2O3/c7-4-2-1-3-5(8-11)6(9)10/h5H,1-4,7H2,(H,9,10)/t5-/m1/s1. The first-order chi connectivity index (χ1) is 5.22. The van der Waals surface area contributed by atoms with E-state index in [-0.39, 0.29) is 6.42 Å². The van der Waals surface area contributed by atoms with Crippen LogP contribution in [0.3, 0.4) is 0 Å². The molecule has 0 fully saturated rings. The van der Waals surface area contributed by atoms with Gasteiger partial charge in [-0.3, -0.25) is 0 Å². The lowest BCUT2D eigenvalue weighted by molar-refractivity contribution is -0.138. The van der Waals surface area contributed by atoms with Crippen LogP contribution in [0.5, 0.6) is 0 Å². The van der Waals surface area contributed by atoms with Crippen LogP contribution >= 0.6 is 0 Å². The normalized spacial score (nSPS) is 12.5. The molecule has 0 bridgehead atoms. The highest BCUT2D eigenvalue weighted by molar-refractivity contribution is 5.73. The van der Waals surface area contributed by atoms with Crippen LogP contribution in [0.25, 0.3) is 0 Å². The Morgan fingerprint density at radius 3 is 2.55 bits per heavy atom. The highest BCUT2D eigenvalue weighted by atomic mass is 16.4. The Morgan fingerprint density at radius 2 is 2.18 bits per heavy atom. The minimum atomic E-state index is -1.16. The zero-order valence-electron chi connectivity index (χ0n) is 6.19. The third-order valence-corrected chi connectivity index (χ3v) is 1.34. The number of aliphatic carboxylic acids is 1. The molecule has 0 aliphatic rings. The van der Waals surface area contributed by atoms with Crippen LogP contribution in [0.1, 0.15) is 19.3 Å². The molecule has 0 amide bonds. The minimum Gasteiger partial charge on any atom is -0.480 e. The van der Waals surface area contributed by atoms with Crippen molar-refractivity contribution in [3.05, 3.63) is 4.91 Å². The maximum atomic E-state index is 10.2. The maximum absolute atomic E-state index is 10.2. The van der Waals surface area contributed by atoms with Gasteiger partial charge >= 0.3 is 5.97 Å². The Bertz CT molecular complexity index is 138. The fourth-order valence-corrected chi connectivity index (χ4v) is 0.703. The van der Waals surface area contributed by atoms with Crippen molar-refractivity contribution in [2.75, 3.05) is 6.54 Å². The van der Waals surface area contributed by atoms with Crippen LogP contribution in [-0.2, 0) is 4.79 Å². The number of nitrogens with zero attached hydrogens (tertiary/aromatic N) is 1. The van der Waals surface area contributed by atoms with Crippen molar-refractivity contribution in [2.24, 2.45) is 10.9 Å². The minimum absolute atomic E-state index is 0.288. The molecule has 0 aliphatic heterocycles. The summed E-state index contributed by atoms with van der Waals surface area (Å²) in [4.78, 5) is 20.1. The van der Waals surface area contributed by atoms with Crippen molar-refractivity contribution in [3.63, 3.8) is 0 Å². The van der Waals surface area contributed by atoms with Gasteiger partial charge in [0.25, 0.3) is 0 Å². The number of rotatable bonds is 6. The van der Waals surface area contributed by atoms with E-state index >= 15 is 0 Å². The molecule has 0 aliphatic carbocycles. The molecule has 5 heteroatoms. The van der Waals surface area contributed by atoms with Crippen molar-refractivity contribution in [1.82, 2.24) is 0 Å². The smallest absolute Gasteiger partial charge is 0.332 e. The van der Waals surface area contributed by atoms with Gasteiger partial charge in [0.15, 0.2) is 6.04 Å². The third kappa shape index (κ3) is 4.44. The van der Waals surface area contributed by atoms with E-state index in [2.05, 4.69) is 5.18 Å². The van der Waals surface area contributed by atoms with E-state index in [0.29, 0.717) is 13.0 Å². The number of nitrogens with two attached hydrogens (primary N) is 1. The zero-order valence-corrected chi connectivity index (χ0v) is 6.19. The average molecular weight is 160 g/mol. The molecule has 64 valence electrons. The number of carboxylic acids is 1. The molecule has 11 heavy (non-hydrogen) atoms. The first-order valence-corrected chi connectivity index (χ1v) is 3.47. The van der Waals surface area contributed by atoms with Crippen LogP contribution in [0, 0.1) is 4.91 Å². The number of hydrogen-bond acceptors (Lipinski definition) is 4. The second-order valence-electron chi connectivity index (χ2n) is 2.24. The lowest BCUT2D eigenvalue weighted by Gasteiger charge is -2.01. The summed E-state index contributed by atoms with van der Waals surface area (Å²) < 4.78 is 0. The van der Waals surface area contributed by atoms with Crippen LogP contribution in [-0.4, -0.2) is 23.7 Å². The van der Waals surface area contributed by atoms with Gasteiger partial charge in [-0.05, 0) is 25.8 Å². The lowest BCUT2D eigenvalue weighted by atomic mass is 10.1. The lowest BCUT2D eigenvalue weighted by Crippen LogP contribution is -2.17. The highest BCUT2D eigenvalue weighted by Gasteiger charge is 2.16. The number of hydrogen-bond donors (Lipinski definition) is 2. The molecule has 0 radical (unpaired) electrons. The van der Waals surface area contributed by atoms with Crippen LogP contribution in [0.2, 0.25) is 0 Å². The van der Waals surface area contributed by atoms with Crippen molar-refractivity contribution < 1.29 is 9.90 Å². The van der Waals surface area contributed by atoms with Crippen molar-refractivity contribution in [3.8, 4) is 0 Å². The number of nitroso groups, excluding NO2 is 1. The Kier molecular flexibility index (Phi) is 5.28. The first kappa shape index (κ1) is 10.0. The molecule has 1 atom stereocenters. The Balaban J connectivity index is 3.52. The van der Waals surface area contributed by atoms with Gasteiger partial charge in [-0.15, -0.1) is 4.91 Å². The molecule has 3 N–H and O–H groups in total. The summed E-state index contributed by atoms with van der Waals surface area (Å²) in [5, 5.41) is 10.8. The van der Waals surface area contributed by atoms with E-state index < -0.39 is 12.0 Å². The van der Waals surface area contributed by atoms with Crippen molar-refractivity contribution in [1.29, 1.82) is 0 Å². The highest BCUT2D eigenvalue weighted by Crippen LogP contribution is 2.03. The molecule has 0 heterocycles. The SMILES string of the molecule is NCCCC[C@@H](N=O)C(=O)O. The van der Waals surface area contributed by atoms with E-state index in [1.54, 1.807) is 0 Å². The van der Waals surface area contributed by atoms with Gasteiger partial charge in [0.05, 0.1) is 0 Å². The molecule has 0 spiro atoms. The van der Waals surface area contributed by atoms with Gasteiger partial charge in [-0.2, -0.15) is 0 Å². The van der Waals surface area contributed by atoms with E-state index in [0.717, 1.165) is 6.42 Å². The molecule has 0 saturated carbocycles. The second kappa shape index (κ2) is 5.79. The fraction of sp³-hybridized carbons (Fsp3) is 0.833. The second-order valence-corrected chi connectivity index (χ2v) is 2.24. The number of carbonyl (C=O) groups is 1.